The third-order valence-corrected chi connectivity index (χ3v) is 5.11. The molecule has 144 valence electrons. The van der Waals surface area contributed by atoms with Crippen LogP contribution in [0.3, 0.4) is 0 Å². The normalized spacial score (nSPS) is 11.5. The Morgan fingerprint density at radius 3 is 2.56 bits per heavy atom. The van der Waals surface area contributed by atoms with E-state index in [0.29, 0.717) is 21.5 Å². The van der Waals surface area contributed by atoms with Gasteiger partial charge in [0.25, 0.3) is 0 Å². The summed E-state index contributed by atoms with van der Waals surface area (Å²) in [6, 6.07) is 13.3. The zero-order chi connectivity index (χ0) is 19.6. The van der Waals surface area contributed by atoms with Gasteiger partial charge in [0.15, 0.2) is 0 Å². The molecule has 0 spiro atoms. The number of hydrogen-bond acceptors (Lipinski definition) is 4. The van der Waals surface area contributed by atoms with Gasteiger partial charge in [-0.05, 0) is 30.7 Å². The number of carbonyl (C=O) groups excluding carboxylic acids is 2. The molecule has 0 aliphatic rings. The van der Waals surface area contributed by atoms with Gasteiger partial charge in [-0.25, -0.2) is 9.59 Å². The number of anilines is 1. The minimum Gasteiger partial charge on any atom is -0.464 e. The van der Waals surface area contributed by atoms with E-state index in [1.165, 1.54) is 17.8 Å². The third-order valence-electron chi connectivity index (χ3n) is 3.45. The average molecular weight is 427 g/mol. The Kier molecular flexibility index (Phi) is 8.78. The van der Waals surface area contributed by atoms with Crippen LogP contribution in [0.4, 0.5) is 10.5 Å². The maximum atomic E-state index is 12.3. The van der Waals surface area contributed by atoms with Gasteiger partial charge in [0, 0.05) is 16.5 Å². The van der Waals surface area contributed by atoms with Gasteiger partial charge in [-0.2, -0.15) is 11.8 Å². The van der Waals surface area contributed by atoms with Gasteiger partial charge in [0.2, 0.25) is 0 Å². The Morgan fingerprint density at radius 1 is 1.15 bits per heavy atom. The van der Waals surface area contributed by atoms with Crippen LogP contribution in [0.25, 0.3) is 0 Å². The lowest BCUT2D eigenvalue weighted by Gasteiger charge is -2.18. The molecule has 0 aromatic heterocycles. The number of hydrogen-bond donors (Lipinski definition) is 2. The number of urea groups is 1. The molecule has 0 saturated carbocycles. The quantitative estimate of drug-likeness (QED) is 0.583. The Labute approximate surface area is 172 Å². The summed E-state index contributed by atoms with van der Waals surface area (Å²) < 4.78 is 5.06. The summed E-state index contributed by atoms with van der Waals surface area (Å²) in [6.45, 7) is 1.96. The highest BCUT2D eigenvalue weighted by molar-refractivity contribution is 7.98. The van der Waals surface area contributed by atoms with Gasteiger partial charge < -0.3 is 15.4 Å². The standard InChI is InChI=1S/C19H20Cl2N2O3S/c1-2-26-18(24)17(12-27-11-13-6-4-3-5-7-13)23-19(25)22-16-9-8-14(20)10-15(16)21/h3-10,17H,2,11-12H2,1H3,(H2,22,23,25). The minimum absolute atomic E-state index is 0.241. The van der Waals surface area contributed by atoms with Gasteiger partial charge in [0.1, 0.15) is 6.04 Å². The third kappa shape index (κ3) is 7.33. The summed E-state index contributed by atoms with van der Waals surface area (Å²) in [5.41, 5.74) is 1.54. The molecule has 2 aromatic rings. The lowest BCUT2D eigenvalue weighted by molar-refractivity contribution is -0.144. The number of halogens is 2. The van der Waals surface area contributed by atoms with E-state index < -0.39 is 18.0 Å². The van der Waals surface area contributed by atoms with Crippen LogP contribution >= 0.6 is 35.0 Å². The molecular weight excluding hydrogens is 407 g/mol. The summed E-state index contributed by atoms with van der Waals surface area (Å²) in [4.78, 5) is 24.4. The molecule has 0 bridgehead atoms. The van der Waals surface area contributed by atoms with Crippen LogP contribution in [-0.2, 0) is 15.3 Å². The first-order valence-corrected chi connectivity index (χ1v) is 10.2. The Bertz CT molecular complexity index is 775. The van der Waals surface area contributed by atoms with Crippen molar-refractivity contribution >= 4 is 52.7 Å². The van der Waals surface area contributed by atoms with Crippen LogP contribution in [0.15, 0.2) is 48.5 Å². The monoisotopic (exact) mass is 426 g/mol. The number of ether oxygens (including phenoxy) is 1. The number of benzene rings is 2. The molecule has 0 radical (unpaired) electrons. The molecule has 2 aromatic carbocycles. The molecule has 8 heteroatoms. The highest BCUT2D eigenvalue weighted by Crippen LogP contribution is 2.25. The largest absolute Gasteiger partial charge is 0.464 e. The minimum atomic E-state index is -0.773. The van der Waals surface area contributed by atoms with Crippen molar-refractivity contribution in [1.29, 1.82) is 0 Å². The molecule has 2 amide bonds. The molecule has 0 aliphatic heterocycles. The van der Waals surface area contributed by atoms with Gasteiger partial charge in [-0.15, -0.1) is 0 Å². The van der Waals surface area contributed by atoms with Crippen LogP contribution in [0.5, 0.6) is 0 Å². The van der Waals surface area contributed by atoms with Crippen molar-refractivity contribution in [1.82, 2.24) is 5.32 Å². The van der Waals surface area contributed by atoms with Gasteiger partial charge in [-0.3, -0.25) is 0 Å². The highest BCUT2D eigenvalue weighted by atomic mass is 35.5. The van der Waals surface area contributed by atoms with E-state index in [1.54, 1.807) is 19.1 Å². The van der Waals surface area contributed by atoms with E-state index >= 15 is 0 Å². The van der Waals surface area contributed by atoms with E-state index in [4.69, 9.17) is 27.9 Å². The molecule has 0 heterocycles. The number of thioether (sulfide) groups is 1. The molecule has 1 unspecified atom stereocenters. The van der Waals surface area contributed by atoms with Crippen LogP contribution in [0.1, 0.15) is 12.5 Å². The first-order chi connectivity index (χ1) is 13.0. The summed E-state index contributed by atoms with van der Waals surface area (Å²) in [6.07, 6.45) is 0. The fourth-order valence-electron chi connectivity index (χ4n) is 2.19. The van der Waals surface area contributed by atoms with E-state index in [-0.39, 0.29) is 6.61 Å². The fourth-order valence-corrected chi connectivity index (χ4v) is 3.64. The predicted octanol–water partition coefficient (Wildman–Crippen LogP) is 4.98. The first-order valence-electron chi connectivity index (χ1n) is 8.30. The molecule has 2 rings (SSSR count). The SMILES string of the molecule is CCOC(=O)C(CSCc1ccccc1)NC(=O)Nc1ccc(Cl)cc1Cl. The number of rotatable bonds is 8. The molecule has 0 saturated heterocycles. The van der Waals surface area contributed by atoms with Gasteiger partial charge >= 0.3 is 12.0 Å². The second kappa shape index (κ2) is 11.1. The Morgan fingerprint density at radius 2 is 1.89 bits per heavy atom. The molecular formula is C19H20Cl2N2O3S. The van der Waals surface area contributed by atoms with E-state index in [0.717, 1.165) is 11.3 Å². The van der Waals surface area contributed by atoms with Crippen LogP contribution in [0, 0.1) is 0 Å². The summed E-state index contributed by atoms with van der Waals surface area (Å²) in [5, 5.41) is 6.03. The van der Waals surface area contributed by atoms with Gasteiger partial charge in [0.05, 0.1) is 17.3 Å². The maximum absolute atomic E-state index is 12.3. The topological polar surface area (TPSA) is 67.4 Å². The van der Waals surface area contributed by atoms with Crippen molar-refractivity contribution in [3.8, 4) is 0 Å². The molecule has 5 nitrogen and oxygen atoms in total. The zero-order valence-electron chi connectivity index (χ0n) is 14.7. The van der Waals surface area contributed by atoms with Crippen molar-refractivity contribution < 1.29 is 14.3 Å². The van der Waals surface area contributed by atoms with E-state index in [9.17, 15) is 9.59 Å². The number of carbonyl (C=O) groups is 2. The summed E-state index contributed by atoms with van der Waals surface area (Å²) in [7, 11) is 0. The average Bonchev–Trinajstić information content (AvgIpc) is 2.64. The molecule has 0 fully saturated rings. The molecule has 0 aliphatic carbocycles. The zero-order valence-corrected chi connectivity index (χ0v) is 17.0. The predicted molar refractivity (Wildman–Crippen MR) is 112 cm³/mol. The highest BCUT2D eigenvalue weighted by Gasteiger charge is 2.22. The second-order valence-corrected chi connectivity index (χ2v) is 7.40. The van der Waals surface area contributed by atoms with E-state index in [2.05, 4.69) is 10.6 Å². The number of esters is 1. The first kappa shape index (κ1) is 21.4. The lowest BCUT2D eigenvalue weighted by Crippen LogP contribution is -2.45. The maximum Gasteiger partial charge on any atom is 0.329 e. The number of nitrogens with one attached hydrogen (secondary N) is 2. The Hall–Kier alpha value is -1.89. The molecule has 27 heavy (non-hydrogen) atoms. The van der Waals surface area contributed by atoms with Crippen LogP contribution in [-0.4, -0.2) is 30.4 Å². The smallest absolute Gasteiger partial charge is 0.329 e. The molecule has 1 atom stereocenters. The molecule has 2 N–H and O–H groups in total. The summed E-state index contributed by atoms with van der Waals surface area (Å²) >= 11 is 13.4. The van der Waals surface area contributed by atoms with Crippen molar-refractivity contribution in [2.45, 2.75) is 18.7 Å². The van der Waals surface area contributed by atoms with Crippen molar-refractivity contribution in [2.75, 3.05) is 17.7 Å². The fraction of sp³-hybridized carbons (Fsp3) is 0.263. The van der Waals surface area contributed by atoms with Crippen molar-refractivity contribution in [2.24, 2.45) is 0 Å². The van der Waals surface area contributed by atoms with Crippen LogP contribution in [0.2, 0.25) is 10.0 Å². The van der Waals surface area contributed by atoms with E-state index in [1.807, 2.05) is 30.3 Å². The van der Waals surface area contributed by atoms with Crippen molar-refractivity contribution in [3.05, 3.63) is 64.1 Å². The lowest BCUT2D eigenvalue weighted by atomic mass is 10.2. The number of amides is 2. The van der Waals surface area contributed by atoms with Crippen LogP contribution < -0.4 is 10.6 Å². The Balaban J connectivity index is 1.94. The summed E-state index contributed by atoms with van der Waals surface area (Å²) in [5.74, 6) is 0.633. The van der Waals surface area contributed by atoms with Crippen molar-refractivity contribution in [3.63, 3.8) is 0 Å². The second-order valence-electron chi connectivity index (χ2n) is 5.53. The van der Waals surface area contributed by atoms with Gasteiger partial charge in [-0.1, -0.05) is 53.5 Å².